The Hall–Kier alpha value is -2.51. The van der Waals surface area contributed by atoms with Crippen LogP contribution in [0.4, 0.5) is 18.9 Å². The van der Waals surface area contributed by atoms with E-state index in [9.17, 15) is 22.9 Å². The Balaban J connectivity index is 2.66. The van der Waals surface area contributed by atoms with Gasteiger partial charge >= 0.3 is 6.18 Å². The summed E-state index contributed by atoms with van der Waals surface area (Å²) in [5.41, 5.74) is -2.66. The van der Waals surface area contributed by atoms with Crippen molar-refractivity contribution in [1.29, 1.82) is 0 Å². The van der Waals surface area contributed by atoms with E-state index in [0.717, 1.165) is 24.4 Å². The SMILES string of the molecule is O=Nc1cc(-c2ncccc2C(F)(F)F)c[nH]c1=O. The number of hydrogen-bond donors (Lipinski definition) is 1. The maximum Gasteiger partial charge on any atom is 0.418 e. The van der Waals surface area contributed by atoms with Gasteiger partial charge in [0, 0.05) is 18.0 Å². The van der Waals surface area contributed by atoms with Crippen LogP contribution < -0.4 is 5.56 Å². The number of alkyl halides is 3. The molecule has 0 atom stereocenters. The van der Waals surface area contributed by atoms with E-state index in [-0.39, 0.29) is 11.3 Å². The molecular formula is C11H6F3N3O2. The third-order valence-corrected chi connectivity index (χ3v) is 2.37. The second-order valence-corrected chi connectivity index (χ2v) is 3.59. The molecule has 0 radical (unpaired) electrons. The lowest BCUT2D eigenvalue weighted by Crippen LogP contribution is -2.09. The fourth-order valence-electron chi connectivity index (χ4n) is 1.54. The quantitative estimate of drug-likeness (QED) is 0.852. The Labute approximate surface area is 104 Å². The molecule has 2 aromatic rings. The van der Waals surface area contributed by atoms with Gasteiger partial charge < -0.3 is 4.98 Å². The predicted octanol–water partition coefficient (Wildman–Crippen LogP) is 2.85. The lowest BCUT2D eigenvalue weighted by Gasteiger charge is -2.11. The molecule has 0 saturated carbocycles. The molecule has 0 aromatic carbocycles. The number of pyridine rings is 2. The number of rotatable bonds is 2. The molecule has 0 saturated heterocycles. The molecule has 2 aromatic heterocycles. The summed E-state index contributed by atoms with van der Waals surface area (Å²) >= 11 is 0. The maximum absolute atomic E-state index is 12.8. The molecule has 2 heterocycles. The van der Waals surface area contributed by atoms with Crippen molar-refractivity contribution in [2.24, 2.45) is 5.18 Å². The van der Waals surface area contributed by atoms with Crippen LogP contribution >= 0.6 is 0 Å². The highest BCUT2D eigenvalue weighted by Gasteiger charge is 2.34. The Morgan fingerprint density at radius 1 is 1.32 bits per heavy atom. The molecule has 0 bridgehead atoms. The summed E-state index contributed by atoms with van der Waals surface area (Å²) in [4.78, 5) is 27.3. The molecule has 0 amide bonds. The fraction of sp³-hybridized carbons (Fsp3) is 0.0909. The van der Waals surface area contributed by atoms with E-state index in [1.807, 2.05) is 0 Å². The van der Waals surface area contributed by atoms with E-state index < -0.39 is 23.0 Å². The number of nitrogens with one attached hydrogen (secondary N) is 1. The molecular weight excluding hydrogens is 263 g/mol. The van der Waals surface area contributed by atoms with Gasteiger partial charge in [-0.15, -0.1) is 4.91 Å². The molecule has 0 spiro atoms. The first-order valence-electron chi connectivity index (χ1n) is 5.02. The summed E-state index contributed by atoms with van der Waals surface area (Å²) in [6.45, 7) is 0. The zero-order valence-electron chi connectivity index (χ0n) is 9.23. The molecule has 0 fully saturated rings. The number of H-pyrrole nitrogens is 1. The average Bonchev–Trinajstić information content (AvgIpc) is 2.38. The van der Waals surface area contributed by atoms with Crippen LogP contribution in [0.3, 0.4) is 0 Å². The summed E-state index contributed by atoms with van der Waals surface area (Å²) in [5, 5.41) is 2.45. The summed E-state index contributed by atoms with van der Waals surface area (Å²) in [7, 11) is 0. The van der Waals surface area contributed by atoms with Crippen molar-refractivity contribution in [2.45, 2.75) is 6.18 Å². The number of nitroso groups, excluding NO2 is 1. The van der Waals surface area contributed by atoms with E-state index in [0.29, 0.717) is 0 Å². The third-order valence-electron chi connectivity index (χ3n) is 2.37. The zero-order valence-corrected chi connectivity index (χ0v) is 9.23. The van der Waals surface area contributed by atoms with Crippen molar-refractivity contribution >= 4 is 5.69 Å². The topological polar surface area (TPSA) is 75.2 Å². The van der Waals surface area contributed by atoms with Gasteiger partial charge in [-0.1, -0.05) is 0 Å². The van der Waals surface area contributed by atoms with Gasteiger partial charge in [-0.3, -0.25) is 9.78 Å². The smallest absolute Gasteiger partial charge is 0.326 e. The minimum atomic E-state index is -4.59. The maximum atomic E-state index is 12.8. The van der Waals surface area contributed by atoms with Gasteiger partial charge in [0.2, 0.25) is 0 Å². The molecule has 19 heavy (non-hydrogen) atoms. The molecule has 0 unspecified atom stereocenters. The lowest BCUT2D eigenvalue weighted by molar-refractivity contribution is -0.137. The zero-order chi connectivity index (χ0) is 14.0. The molecule has 0 aliphatic carbocycles. The number of hydrogen-bond acceptors (Lipinski definition) is 4. The molecule has 8 heteroatoms. The largest absolute Gasteiger partial charge is 0.418 e. The van der Waals surface area contributed by atoms with Gasteiger partial charge in [0.1, 0.15) is 0 Å². The lowest BCUT2D eigenvalue weighted by atomic mass is 10.1. The Kier molecular flexibility index (Phi) is 3.16. The van der Waals surface area contributed by atoms with E-state index >= 15 is 0 Å². The van der Waals surface area contributed by atoms with Crippen LogP contribution in [0.15, 0.2) is 40.6 Å². The van der Waals surface area contributed by atoms with Gasteiger partial charge in [0.05, 0.1) is 11.3 Å². The molecule has 0 aliphatic rings. The number of aromatic amines is 1. The third kappa shape index (κ3) is 2.51. The van der Waals surface area contributed by atoms with Crippen LogP contribution in [0.25, 0.3) is 11.3 Å². The van der Waals surface area contributed by atoms with Crippen molar-refractivity contribution in [3.05, 3.63) is 51.4 Å². The Bertz CT molecular complexity index is 679. The average molecular weight is 269 g/mol. The van der Waals surface area contributed by atoms with Gasteiger partial charge in [-0.25, -0.2) is 0 Å². The fourth-order valence-corrected chi connectivity index (χ4v) is 1.54. The van der Waals surface area contributed by atoms with Gasteiger partial charge in [-0.2, -0.15) is 13.2 Å². The highest BCUT2D eigenvalue weighted by molar-refractivity contribution is 5.65. The minimum absolute atomic E-state index is 0.0397. The van der Waals surface area contributed by atoms with Gasteiger partial charge in [0.25, 0.3) is 5.56 Å². The first-order chi connectivity index (χ1) is 8.93. The van der Waals surface area contributed by atoms with Gasteiger partial charge in [0.15, 0.2) is 5.69 Å². The Morgan fingerprint density at radius 2 is 2.05 bits per heavy atom. The van der Waals surface area contributed by atoms with Crippen molar-refractivity contribution in [2.75, 3.05) is 0 Å². The summed E-state index contributed by atoms with van der Waals surface area (Å²) in [6, 6.07) is 2.97. The summed E-state index contributed by atoms with van der Waals surface area (Å²) < 4.78 is 38.4. The van der Waals surface area contributed by atoms with E-state index in [2.05, 4.69) is 15.1 Å². The minimum Gasteiger partial charge on any atom is -0.326 e. The second kappa shape index (κ2) is 4.63. The second-order valence-electron chi connectivity index (χ2n) is 3.59. The summed E-state index contributed by atoms with van der Waals surface area (Å²) in [5.74, 6) is 0. The molecule has 98 valence electrons. The number of nitrogens with zero attached hydrogens (tertiary/aromatic N) is 2. The van der Waals surface area contributed by atoms with Crippen molar-refractivity contribution in [3.63, 3.8) is 0 Å². The number of halogens is 3. The van der Waals surface area contributed by atoms with Crippen molar-refractivity contribution in [1.82, 2.24) is 9.97 Å². The summed E-state index contributed by atoms with van der Waals surface area (Å²) in [6.07, 6.45) is -2.35. The van der Waals surface area contributed by atoms with E-state index in [1.165, 1.54) is 6.20 Å². The standard InChI is InChI=1S/C11H6F3N3O2/c12-11(13,14)7-2-1-3-15-9(7)6-4-8(17-19)10(18)16-5-6/h1-5H,(H,16,18). The predicted molar refractivity (Wildman–Crippen MR) is 60.8 cm³/mol. The molecule has 5 nitrogen and oxygen atoms in total. The van der Waals surface area contributed by atoms with Crippen LogP contribution in [0.1, 0.15) is 5.56 Å². The van der Waals surface area contributed by atoms with E-state index in [1.54, 1.807) is 0 Å². The monoisotopic (exact) mass is 269 g/mol. The first-order valence-corrected chi connectivity index (χ1v) is 5.02. The van der Waals surface area contributed by atoms with Crippen LogP contribution in [0.5, 0.6) is 0 Å². The highest BCUT2D eigenvalue weighted by atomic mass is 19.4. The van der Waals surface area contributed by atoms with Crippen LogP contribution in [0, 0.1) is 4.91 Å². The normalized spacial score (nSPS) is 11.3. The highest BCUT2D eigenvalue weighted by Crippen LogP contribution is 2.35. The van der Waals surface area contributed by atoms with Crippen molar-refractivity contribution in [3.8, 4) is 11.3 Å². The molecule has 0 aliphatic heterocycles. The van der Waals surface area contributed by atoms with Crippen LogP contribution in [0.2, 0.25) is 0 Å². The van der Waals surface area contributed by atoms with Crippen LogP contribution in [-0.2, 0) is 6.18 Å². The Morgan fingerprint density at radius 3 is 2.68 bits per heavy atom. The molecule has 1 N–H and O–H groups in total. The van der Waals surface area contributed by atoms with Crippen LogP contribution in [-0.4, -0.2) is 9.97 Å². The van der Waals surface area contributed by atoms with E-state index in [4.69, 9.17) is 0 Å². The number of aromatic nitrogens is 2. The van der Waals surface area contributed by atoms with Gasteiger partial charge in [-0.05, 0) is 23.4 Å². The molecule has 2 rings (SSSR count). The first kappa shape index (κ1) is 12.9. The van der Waals surface area contributed by atoms with Crippen molar-refractivity contribution < 1.29 is 13.2 Å².